The van der Waals surface area contributed by atoms with Crippen LogP contribution >= 0.6 is 27.3 Å². The third-order valence-corrected chi connectivity index (χ3v) is 7.48. The largest absolute Gasteiger partial charge is 0.493 e. The number of nitrogens with one attached hydrogen (secondary N) is 1. The summed E-state index contributed by atoms with van der Waals surface area (Å²) in [4.78, 5) is 32.3. The third-order valence-electron chi connectivity index (χ3n) is 6.02. The lowest BCUT2D eigenvalue weighted by Gasteiger charge is -2.30. The molecule has 11 heteroatoms. The molecule has 37 heavy (non-hydrogen) atoms. The third kappa shape index (κ3) is 4.85. The summed E-state index contributed by atoms with van der Waals surface area (Å²) in [6, 6.07) is 5.49. The van der Waals surface area contributed by atoms with Gasteiger partial charge in [0, 0.05) is 23.2 Å². The van der Waals surface area contributed by atoms with Crippen LogP contribution in [0.1, 0.15) is 39.3 Å². The number of aromatic nitrogens is 2. The number of dihydropyridines is 1. The van der Waals surface area contributed by atoms with Crippen molar-refractivity contribution in [3.05, 3.63) is 56.4 Å². The molecule has 0 unspecified atom stereocenters. The molecule has 196 valence electrons. The number of rotatable bonds is 8. The number of hydrogen-bond acceptors (Lipinski definition) is 9. The number of allylic oxidation sites excluding steroid dienone is 2. The number of hydrogen-bond donors (Lipinski definition) is 1. The molecule has 0 atom stereocenters. The topological polar surface area (TPSA) is 100 Å². The summed E-state index contributed by atoms with van der Waals surface area (Å²) in [7, 11) is 3.13. The van der Waals surface area contributed by atoms with E-state index in [4.69, 9.17) is 23.9 Å². The second-order valence-electron chi connectivity index (χ2n) is 8.18. The van der Waals surface area contributed by atoms with Crippen LogP contribution in [0.15, 0.2) is 50.7 Å². The van der Waals surface area contributed by atoms with E-state index in [9.17, 15) is 9.59 Å². The van der Waals surface area contributed by atoms with E-state index < -0.39 is 17.9 Å². The minimum absolute atomic E-state index is 0.189. The van der Waals surface area contributed by atoms with Crippen molar-refractivity contribution in [2.45, 2.75) is 33.6 Å². The van der Waals surface area contributed by atoms with E-state index in [2.05, 4.69) is 21.2 Å². The van der Waals surface area contributed by atoms with Crippen molar-refractivity contribution in [1.82, 2.24) is 14.7 Å². The number of halogens is 1. The molecule has 0 saturated heterocycles. The number of nitrogens with zero attached hydrogens (tertiary/aromatic N) is 2. The fourth-order valence-electron chi connectivity index (χ4n) is 4.53. The Hall–Kier alpha value is -3.31. The van der Waals surface area contributed by atoms with Crippen LogP contribution in [0, 0.1) is 0 Å². The molecule has 0 spiro atoms. The van der Waals surface area contributed by atoms with Crippen LogP contribution in [-0.4, -0.2) is 48.8 Å². The van der Waals surface area contributed by atoms with Crippen molar-refractivity contribution in [1.29, 1.82) is 0 Å². The zero-order valence-corrected chi connectivity index (χ0v) is 23.8. The maximum Gasteiger partial charge on any atom is 0.336 e. The van der Waals surface area contributed by atoms with Crippen molar-refractivity contribution in [2.75, 3.05) is 27.4 Å². The lowest BCUT2D eigenvalue weighted by Crippen LogP contribution is -2.33. The maximum absolute atomic E-state index is 13.4. The molecule has 0 fully saturated rings. The number of benzene rings is 1. The lowest BCUT2D eigenvalue weighted by atomic mass is 9.81. The predicted octanol–water partition coefficient (Wildman–Crippen LogP) is 5.20. The quantitative estimate of drug-likeness (QED) is 0.358. The smallest absolute Gasteiger partial charge is 0.336 e. The Labute approximate surface area is 227 Å². The van der Waals surface area contributed by atoms with Crippen LogP contribution < -0.4 is 14.8 Å². The molecular formula is C26H28BrN3O6S. The van der Waals surface area contributed by atoms with Gasteiger partial charge in [0.1, 0.15) is 0 Å². The molecule has 1 aliphatic rings. The van der Waals surface area contributed by atoms with Crippen LogP contribution in [0.3, 0.4) is 0 Å². The summed E-state index contributed by atoms with van der Waals surface area (Å²) < 4.78 is 24.6. The summed E-state index contributed by atoms with van der Waals surface area (Å²) in [5, 5.41) is 3.18. The summed E-state index contributed by atoms with van der Waals surface area (Å²) >= 11 is 4.98. The Morgan fingerprint density at radius 3 is 2.16 bits per heavy atom. The van der Waals surface area contributed by atoms with Gasteiger partial charge in [-0.3, -0.25) is 4.40 Å². The number of carbonyl (C=O) groups is 2. The van der Waals surface area contributed by atoms with Crippen molar-refractivity contribution < 1.29 is 28.5 Å². The van der Waals surface area contributed by atoms with E-state index in [0.717, 1.165) is 9.35 Å². The maximum atomic E-state index is 13.4. The number of carbonyl (C=O) groups excluding carboxylic acids is 2. The van der Waals surface area contributed by atoms with Crippen LogP contribution in [0.5, 0.6) is 11.5 Å². The molecule has 0 radical (unpaired) electrons. The molecule has 1 aromatic carbocycles. The van der Waals surface area contributed by atoms with Gasteiger partial charge in [0.25, 0.3) is 0 Å². The highest BCUT2D eigenvalue weighted by molar-refractivity contribution is 9.11. The molecule has 2 aromatic heterocycles. The average molecular weight is 590 g/mol. The first-order chi connectivity index (χ1) is 17.7. The Kier molecular flexibility index (Phi) is 7.93. The summed E-state index contributed by atoms with van der Waals surface area (Å²) in [6.07, 6.45) is 1.88. The van der Waals surface area contributed by atoms with Crippen molar-refractivity contribution in [2.24, 2.45) is 0 Å². The molecule has 1 N–H and O–H groups in total. The van der Waals surface area contributed by atoms with E-state index in [0.29, 0.717) is 50.4 Å². The summed E-state index contributed by atoms with van der Waals surface area (Å²) in [5.41, 5.74) is 3.79. The fraction of sp³-hybridized carbons (Fsp3) is 0.346. The molecule has 0 amide bonds. The number of imidazole rings is 1. The minimum Gasteiger partial charge on any atom is -0.493 e. The average Bonchev–Trinajstić information content (AvgIpc) is 3.39. The Morgan fingerprint density at radius 2 is 1.62 bits per heavy atom. The first kappa shape index (κ1) is 26.7. The molecule has 9 nitrogen and oxygen atoms in total. The standard InChI is InChI=1S/C26H28BrN3O6S/c1-7-35-24(31)19-13(3)28-14(4)20(25(32)36-8-2)21(19)23-22(29-26-30(23)12-18(27)37-26)15-9-10-16(33-5)17(11-15)34-6/h9-12,21,28H,7-8H2,1-6H3. The molecule has 1 aliphatic heterocycles. The molecule has 4 rings (SSSR count). The monoisotopic (exact) mass is 589 g/mol. The van der Waals surface area contributed by atoms with Gasteiger partial charge in [-0.05, 0) is 61.8 Å². The zero-order chi connectivity index (χ0) is 26.9. The van der Waals surface area contributed by atoms with Gasteiger partial charge >= 0.3 is 11.9 Å². The molecule has 3 aromatic rings. The van der Waals surface area contributed by atoms with E-state index in [1.54, 1.807) is 48.0 Å². The van der Waals surface area contributed by atoms with Gasteiger partial charge in [0.15, 0.2) is 16.5 Å². The normalized spacial score (nSPS) is 14.1. The first-order valence-corrected chi connectivity index (χ1v) is 13.3. The lowest BCUT2D eigenvalue weighted by molar-refractivity contribution is -0.139. The van der Waals surface area contributed by atoms with E-state index >= 15 is 0 Å². The highest BCUT2D eigenvalue weighted by Gasteiger charge is 2.41. The van der Waals surface area contributed by atoms with Gasteiger partial charge in [-0.2, -0.15) is 0 Å². The molecule has 0 aliphatic carbocycles. The number of methoxy groups -OCH3 is 2. The van der Waals surface area contributed by atoms with Gasteiger partial charge in [-0.25, -0.2) is 14.6 Å². The molecule has 3 heterocycles. The molecule has 0 bridgehead atoms. The van der Waals surface area contributed by atoms with Crippen LogP contribution in [-0.2, 0) is 19.1 Å². The SMILES string of the molecule is CCOC(=O)C1=C(C)NC(C)=C(C(=O)OCC)C1c1c(-c2ccc(OC)c(OC)c2)nc2sc(Br)cn12. The predicted molar refractivity (Wildman–Crippen MR) is 144 cm³/mol. The number of ether oxygens (including phenoxy) is 4. The highest BCUT2D eigenvalue weighted by atomic mass is 79.9. The van der Waals surface area contributed by atoms with Crippen molar-refractivity contribution in [3.8, 4) is 22.8 Å². The summed E-state index contributed by atoms with van der Waals surface area (Å²) in [5.74, 6) is -0.740. The second-order valence-corrected chi connectivity index (χ2v) is 10.6. The second kappa shape index (κ2) is 11.0. The van der Waals surface area contributed by atoms with Crippen molar-refractivity contribution >= 4 is 44.2 Å². The summed E-state index contributed by atoms with van der Waals surface area (Å²) in [6.45, 7) is 7.45. The fourth-order valence-corrected chi connectivity index (χ4v) is 5.89. The van der Waals surface area contributed by atoms with Crippen LogP contribution in [0.2, 0.25) is 0 Å². The van der Waals surface area contributed by atoms with Crippen LogP contribution in [0.25, 0.3) is 16.2 Å². The minimum atomic E-state index is -0.807. The first-order valence-electron chi connectivity index (χ1n) is 11.7. The highest BCUT2D eigenvalue weighted by Crippen LogP contribution is 2.45. The number of thiazole rings is 1. The van der Waals surface area contributed by atoms with Gasteiger partial charge < -0.3 is 24.3 Å². The molecular weight excluding hydrogens is 562 g/mol. The van der Waals surface area contributed by atoms with E-state index in [1.807, 2.05) is 22.7 Å². The van der Waals surface area contributed by atoms with E-state index in [1.165, 1.54) is 11.3 Å². The van der Waals surface area contributed by atoms with Crippen molar-refractivity contribution in [3.63, 3.8) is 0 Å². The van der Waals surface area contributed by atoms with Gasteiger partial charge in [0.05, 0.1) is 59.7 Å². The van der Waals surface area contributed by atoms with Gasteiger partial charge in [-0.15, -0.1) is 0 Å². The van der Waals surface area contributed by atoms with Crippen LogP contribution in [0.4, 0.5) is 0 Å². The molecule has 0 saturated carbocycles. The number of fused-ring (bicyclic) bond motifs is 1. The van der Waals surface area contributed by atoms with Gasteiger partial charge in [-0.1, -0.05) is 11.3 Å². The Bertz CT molecular complexity index is 1400. The Morgan fingerprint density at radius 1 is 1.03 bits per heavy atom. The zero-order valence-electron chi connectivity index (χ0n) is 21.4. The van der Waals surface area contributed by atoms with Gasteiger partial charge in [0.2, 0.25) is 0 Å². The Balaban J connectivity index is 2.06. The number of esters is 2. The van der Waals surface area contributed by atoms with E-state index in [-0.39, 0.29) is 13.2 Å².